The normalized spacial score (nSPS) is 14.8. The summed E-state index contributed by atoms with van der Waals surface area (Å²) in [5, 5.41) is 12.1. The highest BCUT2D eigenvalue weighted by molar-refractivity contribution is 7.73. The van der Waals surface area contributed by atoms with Crippen molar-refractivity contribution >= 4 is 41.6 Å². The summed E-state index contributed by atoms with van der Waals surface area (Å²) in [4.78, 5) is 17.0. The van der Waals surface area contributed by atoms with Crippen LogP contribution in [0.5, 0.6) is 5.88 Å². The Morgan fingerprint density at radius 2 is 2.23 bits per heavy atom. The molecule has 0 atom stereocenters. The van der Waals surface area contributed by atoms with Gasteiger partial charge in [0, 0.05) is 30.6 Å². The van der Waals surface area contributed by atoms with Crippen molar-refractivity contribution in [2.45, 2.75) is 26.8 Å². The van der Waals surface area contributed by atoms with Crippen molar-refractivity contribution in [1.82, 2.24) is 4.57 Å². The van der Waals surface area contributed by atoms with Gasteiger partial charge in [-0.25, -0.2) is 4.99 Å². The molecule has 1 aliphatic rings. The van der Waals surface area contributed by atoms with E-state index in [9.17, 15) is 9.90 Å². The average molecular weight is 389 g/mol. The first-order chi connectivity index (χ1) is 12.5. The van der Waals surface area contributed by atoms with Gasteiger partial charge >= 0.3 is 0 Å². The molecule has 0 spiro atoms. The molecular formula is C19H20N2O3S2. The van der Waals surface area contributed by atoms with Crippen LogP contribution >= 0.6 is 23.6 Å². The van der Waals surface area contributed by atoms with Gasteiger partial charge in [0.05, 0.1) is 10.2 Å². The Morgan fingerprint density at radius 1 is 1.42 bits per heavy atom. The molecule has 1 aromatic carbocycles. The fourth-order valence-corrected chi connectivity index (χ4v) is 4.02. The number of aromatic nitrogens is 1. The summed E-state index contributed by atoms with van der Waals surface area (Å²) >= 11 is 6.63. The molecule has 1 N–H and O–H groups in total. The van der Waals surface area contributed by atoms with E-state index in [1.54, 1.807) is 16.7 Å². The molecule has 3 rings (SSSR count). The number of ether oxygens (including phenoxy) is 1. The van der Waals surface area contributed by atoms with Gasteiger partial charge in [-0.1, -0.05) is 11.6 Å². The molecule has 1 amide bonds. The van der Waals surface area contributed by atoms with Crippen LogP contribution in [0.2, 0.25) is 0 Å². The summed E-state index contributed by atoms with van der Waals surface area (Å²) in [5.74, 6) is -0.233. The second-order valence-corrected chi connectivity index (χ2v) is 7.66. The van der Waals surface area contributed by atoms with Crippen molar-refractivity contribution in [3.8, 4) is 5.88 Å². The Bertz CT molecular complexity index is 1050. The van der Waals surface area contributed by atoms with Crippen molar-refractivity contribution in [3.05, 3.63) is 48.7 Å². The Morgan fingerprint density at radius 3 is 3.00 bits per heavy atom. The molecule has 0 unspecified atom stereocenters. The molecule has 0 radical (unpaired) electrons. The quantitative estimate of drug-likeness (QED) is 0.470. The lowest BCUT2D eigenvalue weighted by atomic mass is 10.1. The fourth-order valence-electron chi connectivity index (χ4n) is 2.71. The van der Waals surface area contributed by atoms with Crippen LogP contribution < -0.4 is 10.6 Å². The van der Waals surface area contributed by atoms with Gasteiger partial charge in [0.1, 0.15) is 0 Å². The minimum absolute atomic E-state index is 0.0836. The third kappa shape index (κ3) is 4.00. The highest BCUT2D eigenvalue weighted by Crippen LogP contribution is 2.29. The molecular weight excluding hydrogens is 368 g/mol. The molecule has 136 valence electrons. The van der Waals surface area contributed by atoms with Crippen molar-refractivity contribution < 1.29 is 14.6 Å². The number of aryl methyl sites for hydroxylation is 1. The predicted octanol–water partition coefficient (Wildman–Crippen LogP) is 2.74. The van der Waals surface area contributed by atoms with Crippen molar-refractivity contribution in [2.75, 3.05) is 13.2 Å². The maximum atomic E-state index is 12.3. The fraction of sp³-hybridized carbons (Fsp3) is 0.316. The number of rotatable bonds is 6. The number of amides is 1. The van der Waals surface area contributed by atoms with Crippen LogP contribution in [-0.4, -0.2) is 28.8 Å². The second-order valence-electron chi connectivity index (χ2n) is 5.98. The molecule has 26 heavy (non-hydrogen) atoms. The largest absolute Gasteiger partial charge is 0.493 e. The highest BCUT2D eigenvalue weighted by atomic mass is 32.1. The lowest BCUT2D eigenvalue weighted by Crippen LogP contribution is -2.30. The zero-order valence-electron chi connectivity index (χ0n) is 14.7. The number of carbonyl (C=O) groups excluding carboxylic acids is 1. The number of fused-ring (bicyclic) bond motifs is 1. The van der Waals surface area contributed by atoms with Crippen molar-refractivity contribution in [2.24, 2.45) is 4.99 Å². The lowest BCUT2D eigenvalue weighted by molar-refractivity contribution is -0.114. The molecule has 1 aliphatic heterocycles. The van der Waals surface area contributed by atoms with Crippen LogP contribution in [0.1, 0.15) is 23.8 Å². The molecule has 1 aromatic heterocycles. The summed E-state index contributed by atoms with van der Waals surface area (Å²) in [6, 6.07) is 5.75. The number of nitrogens with zero attached hydrogens (tertiary/aromatic N) is 2. The molecule has 0 saturated carbocycles. The zero-order chi connectivity index (χ0) is 18.7. The summed E-state index contributed by atoms with van der Waals surface area (Å²) in [6.45, 7) is 5.80. The Labute approximate surface area is 160 Å². The van der Waals surface area contributed by atoms with E-state index in [0.29, 0.717) is 39.5 Å². The van der Waals surface area contributed by atoms with Crippen LogP contribution in [0.4, 0.5) is 0 Å². The van der Waals surface area contributed by atoms with Crippen LogP contribution in [-0.2, 0) is 16.1 Å². The van der Waals surface area contributed by atoms with Crippen LogP contribution in [0.15, 0.2) is 28.8 Å². The van der Waals surface area contributed by atoms with Gasteiger partial charge in [-0.2, -0.15) is 0 Å². The lowest BCUT2D eigenvalue weighted by Gasteiger charge is -2.06. The second kappa shape index (κ2) is 8.07. The topological polar surface area (TPSA) is 63.8 Å². The summed E-state index contributed by atoms with van der Waals surface area (Å²) in [6.07, 6.45) is 4.22. The van der Waals surface area contributed by atoms with Gasteiger partial charge in [0.2, 0.25) is 5.88 Å². The first kappa shape index (κ1) is 18.7. The number of carbonyl (C=O) groups is 1. The number of hydrogen-bond donors (Lipinski definition) is 1. The average Bonchev–Trinajstić information content (AvgIpc) is 2.87. The number of thiazole rings is 1. The van der Waals surface area contributed by atoms with E-state index in [2.05, 4.69) is 4.99 Å². The summed E-state index contributed by atoms with van der Waals surface area (Å²) < 4.78 is 7.57. The van der Waals surface area contributed by atoms with E-state index in [1.807, 2.05) is 32.0 Å². The molecule has 0 fully saturated rings. The van der Waals surface area contributed by atoms with Gasteiger partial charge in [0.25, 0.3) is 5.91 Å². The van der Waals surface area contributed by atoms with E-state index in [-0.39, 0.29) is 11.8 Å². The molecule has 2 heterocycles. The van der Waals surface area contributed by atoms with E-state index in [4.69, 9.17) is 17.0 Å². The monoisotopic (exact) mass is 388 g/mol. The van der Waals surface area contributed by atoms with Crippen molar-refractivity contribution in [3.63, 3.8) is 0 Å². The number of benzene rings is 1. The zero-order valence-corrected chi connectivity index (χ0v) is 16.3. The molecule has 0 aliphatic carbocycles. The standard InChI is InChI=1S/C19H20N2O3S2/c1-3-24-8-4-7-21-18(23)16(26-19(21)25)11-14-10-13-9-12(2)5-6-15(13)20-17(14)22/h5-6,9-11,23H,3-4,7-8H2,1-2H3. The molecule has 2 aromatic rings. The molecule has 7 heteroatoms. The van der Waals surface area contributed by atoms with Crippen LogP contribution in [0.3, 0.4) is 0 Å². The summed E-state index contributed by atoms with van der Waals surface area (Å²) in [7, 11) is 0. The van der Waals surface area contributed by atoms with Gasteiger partial charge in [0.15, 0.2) is 3.95 Å². The van der Waals surface area contributed by atoms with E-state index in [0.717, 1.165) is 17.2 Å². The minimum atomic E-state index is -0.317. The Balaban J connectivity index is 1.93. The number of hydrogen-bond acceptors (Lipinski definition) is 5. The third-order valence-electron chi connectivity index (χ3n) is 4.02. The van der Waals surface area contributed by atoms with E-state index >= 15 is 0 Å². The SMILES string of the molecule is CCOCCCn1c(O)c(C=C2C=c3cc(C)ccc3=NC2=O)sc1=S. The van der Waals surface area contributed by atoms with Crippen LogP contribution in [0.25, 0.3) is 12.2 Å². The van der Waals surface area contributed by atoms with E-state index in [1.165, 1.54) is 11.3 Å². The first-order valence-electron chi connectivity index (χ1n) is 8.43. The maximum Gasteiger partial charge on any atom is 0.277 e. The Hall–Kier alpha value is -2.09. The van der Waals surface area contributed by atoms with Gasteiger partial charge in [-0.3, -0.25) is 9.36 Å². The van der Waals surface area contributed by atoms with Gasteiger partial charge < -0.3 is 9.84 Å². The molecule has 0 bridgehead atoms. The smallest absolute Gasteiger partial charge is 0.277 e. The highest BCUT2D eigenvalue weighted by Gasteiger charge is 2.15. The summed E-state index contributed by atoms with van der Waals surface area (Å²) in [5.41, 5.74) is 1.54. The van der Waals surface area contributed by atoms with Crippen molar-refractivity contribution in [1.29, 1.82) is 0 Å². The van der Waals surface area contributed by atoms with Gasteiger partial charge in [-0.05, 0) is 56.8 Å². The first-order valence-corrected chi connectivity index (χ1v) is 9.65. The third-order valence-corrected chi connectivity index (χ3v) is 5.40. The molecule has 0 saturated heterocycles. The maximum absolute atomic E-state index is 12.3. The van der Waals surface area contributed by atoms with E-state index < -0.39 is 0 Å². The minimum Gasteiger partial charge on any atom is -0.493 e. The number of aromatic hydroxyl groups is 1. The van der Waals surface area contributed by atoms with Gasteiger partial charge in [-0.15, -0.1) is 11.3 Å². The predicted molar refractivity (Wildman–Crippen MR) is 105 cm³/mol. The van der Waals surface area contributed by atoms with Crippen LogP contribution in [0, 0.1) is 10.9 Å². The Kier molecular flexibility index (Phi) is 5.80. The molecule has 5 nitrogen and oxygen atoms in total.